The van der Waals surface area contributed by atoms with Gasteiger partial charge in [0.1, 0.15) is 5.82 Å². The average Bonchev–Trinajstić information content (AvgIpc) is 2.23. The van der Waals surface area contributed by atoms with Gasteiger partial charge in [-0.25, -0.2) is 4.98 Å². The second-order valence-electron chi connectivity index (χ2n) is 3.28. The highest BCUT2D eigenvalue weighted by molar-refractivity contribution is 5.76. The van der Waals surface area contributed by atoms with Gasteiger partial charge in [-0.3, -0.25) is 4.79 Å². The Kier molecular flexibility index (Phi) is 3.91. The van der Waals surface area contributed by atoms with Gasteiger partial charge in [0.15, 0.2) is 0 Å². The summed E-state index contributed by atoms with van der Waals surface area (Å²) in [6, 6.07) is 1.76. The lowest BCUT2D eigenvalue weighted by molar-refractivity contribution is -0.120. The summed E-state index contributed by atoms with van der Waals surface area (Å²) in [6.07, 6.45) is 2.13. The smallest absolute Gasteiger partial charge is 0.221 e. The molecule has 1 aromatic heterocycles. The summed E-state index contributed by atoms with van der Waals surface area (Å²) in [5.74, 6) is 0.699. The molecular formula is C10H16N4O. The molecule has 4 N–H and O–H groups in total. The number of nitrogens with one attached hydrogen (secondary N) is 2. The van der Waals surface area contributed by atoms with Crippen molar-refractivity contribution in [3.05, 3.63) is 17.8 Å². The first kappa shape index (κ1) is 11.3. The number of carbonyl (C=O) groups is 1. The zero-order chi connectivity index (χ0) is 11.3. The number of carbonyl (C=O) groups excluding carboxylic acids is 1. The van der Waals surface area contributed by atoms with Gasteiger partial charge in [-0.1, -0.05) is 0 Å². The Labute approximate surface area is 89.1 Å². The number of aryl methyl sites for hydroxylation is 1. The van der Waals surface area contributed by atoms with Crippen LogP contribution in [0.25, 0.3) is 0 Å². The molecule has 0 aliphatic rings. The van der Waals surface area contributed by atoms with Crippen molar-refractivity contribution in [1.82, 2.24) is 10.3 Å². The van der Waals surface area contributed by atoms with Crippen LogP contribution in [0.1, 0.15) is 12.0 Å². The molecule has 82 valence electrons. The number of anilines is 2. The molecule has 1 aromatic rings. The zero-order valence-corrected chi connectivity index (χ0v) is 9.00. The Morgan fingerprint density at radius 3 is 2.93 bits per heavy atom. The van der Waals surface area contributed by atoms with E-state index in [1.807, 2.05) is 6.92 Å². The molecule has 0 fully saturated rings. The van der Waals surface area contributed by atoms with Crippen molar-refractivity contribution < 1.29 is 4.79 Å². The van der Waals surface area contributed by atoms with Crippen LogP contribution in [0.3, 0.4) is 0 Å². The molecule has 0 radical (unpaired) electrons. The van der Waals surface area contributed by atoms with Crippen LogP contribution in [-0.4, -0.2) is 24.5 Å². The van der Waals surface area contributed by atoms with Crippen LogP contribution in [0, 0.1) is 6.92 Å². The minimum Gasteiger partial charge on any atom is -0.398 e. The lowest BCUT2D eigenvalue weighted by Crippen LogP contribution is -2.21. The largest absolute Gasteiger partial charge is 0.398 e. The van der Waals surface area contributed by atoms with Gasteiger partial charge in [0.25, 0.3) is 0 Å². The first-order valence-corrected chi connectivity index (χ1v) is 4.80. The van der Waals surface area contributed by atoms with Gasteiger partial charge in [-0.2, -0.15) is 0 Å². The van der Waals surface area contributed by atoms with Crippen LogP contribution >= 0.6 is 0 Å². The van der Waals surface area contributed by atoms with E-state index in [1.165, 1.54) is 0 Å². The molecular weight excluding hydrogens is 192 g/mol. The van der Waals surface area contributed by atoms with Gasteiger partial charge >= 0.3 is 0 Å². The van der Waals surface area contributed by atoms with Gasteiger partial charge in [0.2, 0.25) is 5.91 Å². The van der Waals surface area contributed by atoms with E-state index in [9.17, 15) is 4.79 Å². The van der Waals surface area contributed by atoms with Crippen molar-refractivity contribution in [3.63, 3.8) is 0 Å². The van der Waals surface area contributed by atoms with Gasteiger partial charge in [0, 0.05) is 38.0 Å². The van der Waals surface area contributed by atoms with Crippen LogP contribution in [-0.2, 0) is 4.79 Å². The second kappa shape index (κ2) is 5.19. The first-order chi connectivity index (χ1) is 7.13. The molecule has 1 heterocycles. The molecule has 0 unspecified atom stereocenters. The summed E-state index contributed by atoms with van der Waals surface area (Å²) in [5.41, 5.74) is 7.37. The fraction of sp³-hybridized carbons (Fsp3) is 0.400. The molecule has 0 saturated heterocycles. The van der Waals surface area contributed by atoms with Gasteiger partial charge in [-0.15, -0.1) is 0 Å². The highest BCUT2D eigenvalue weighted by Crippen LogP contribution is 2.13. The number of aromatic nitrogens is 1. The topological polar surface area (TPSA) is 80.0 Å². The third-order valence-electron chi connectivity index (χ3n) is 2.08. The van der Waals surface area contributed by atoms with Crippen LogP contribution < -0.4 is 16.4 Å². The molecule has 0 spiro atoms. The van der Waals surface area contributed by atoms with E-state index in [-0.39, 0.29) is 5.91 Å². The Morgan fingerprint density at radius 2 is 2.33 bits per heavy atom. The molecule has 1 amide bonds. The van der Waals surface area contributed by atoms with E-state index < -0.39 is 0 Å². The average molecular weight is 208 g/mol. The Balaban J connectivity index is 2.44. The second-order valence-corrected chi connectivity index (χ2v) is 3.28. The van der Waals surface area contributed by atoms with Gasteiger partial charge in [-0.05, 0) is 12.5 Å². The SMILES string of the molecule is CNC(=O)CCNc1cc(N)c(C)cn1. The molecule has 0 bridgehead atoms. The lowest BCUT2D eigenvalue weighted by Gasteiger charge is -2.06. The van der Waals surface area contributed by atoms with Crippen molar-refractivity contribution in [2.75, 3.05) is 24.6 Å². The van der Waals surface area contributed by atoms with Crippen molar-refractivity contribution in [2.45, 2.75) is 13.3 Å². The maximum atomic E-state index is 10.9. The van der Waals surface area contributed by atoms with Crippen LogP contribution in [0.15, 0.2) is 12.3 Å². The molecule has 0 aliphatic carbocycles. The molecule has 0 atom stereocenters. The predicted molar refractivity (Wildman–Crippen MR) is 60.6 cm³/mol. The summed E-state index contributed by atoms with van der Waals surface area (Å²) in [6.45, 7) is 2.45. The summed E-state index contributed by atoms with van der Waals surface area (Å²) in [5, 5.41) is 5.57. The summed E-state index contributed by atoms with van der Waals surface area (Å²) >= 11 is 0. The minimum atomic E-state index is 0.00239. The molecule has 5 heteroatoms. The summed E-state index contributed by atoms with van der Waals surface area (Å²) < 4.78 is 0. The van der Waals surface area contributed by atoms with E-state index in [1.54, 1.807) is 19.3 Å². The summed E-state index contributed by atoms with van der Waals surface area (Å²) in [7, 11) is 1.62. The number of nitrogen functional groups attached to an aromatic ring is 1. The van der Waals surface area contributed by atoms with Crippen molar-refractivity contribution >= 4 is 17.4 Å². The monoisotopic (exact) mass is 208 g/mol. The standard InChI is InChI=1S/C10H16N4O/c1-7-6-14-9(5-8(7)11)13-4-3-10(15)12-2/h5-6H,3-4H2,1-2H3,(H,12,15)(H3,11,13,14). The predicted octanol–water partition coefficient (Wildman–Crippen LogP) is 0.520. The Morgan fingerprint density at radius 1 is 1.60 bits per heavy atom. The van der Waals surface area contributed by atoms with E-state index >= 15 is 0 Å². The normalized spacial score (nSPS) is 9.73. The third-order valence-corrected chi connectivity index (χ3v) is 2.08. The zero-order valence-electron chi connectivity index (χ0n) is 9.00. The van der Waals surface area contributed by atoms with E-state index in [2.05, 4.69) is 15.6 Å². The molecule has 0 aliphatic heterocycles. The maximum absolute atomic E-state index is 10.9. The number of nitrogens with zero attached hydrogens (tertiary/aromatic N) is 1. The molecule has 5 nitrogen and oxygen atoms in total. The lowest BCUT2D eigenvalue weighted by atomic mass is 10.2. The highest BCUT2D eigenvalue weighted by atomic mass is 16.1. The number of rotatable bonds is 4. The third kappa shape index (κ3) is 3.46. The van der Waals surface area contributed by atoms with Gasteiger partial charge in [0.05, 0.1) is 0 Å². The van der Waals surface area contributed by atoms with E-state index in [4.69, 9.17) is 5.73 Å². The van der Waals surface area contributed by atoms with Gasteiger partial charge < -0.3 is 16.4 Å². The number of hydrogen-bond acceptors (Lipinski definition) is 4. The fourth-order valence-electron chi connectivity index (χ4n) is 1.07. The number of pyridine rings is 1. The highest BCUT2D eigenvalue weighted by Gasteiger charge is 2.00. The fourth-order valence-corrected chi connectivity index (χ4v) is 1.07. The number of nitrogens with two attached hydrogens (primary N) is 1. The first-order valence-electron chi connectivity index (χ1n) is 4.80. The van der Waals surface area contributed by atoms with E-state index in [0.717, 1.165) is 5.56 Å². The van der Waals surface area contributed by atoms with Crippen molar-refractivity contribution in [3.8, 4) is 0 Å². The number of amides is 1. The van der Waals surface area contributed by atoms with E-state index in [0.29, 0.717) is 24.5 Å². The van der Waals surface area contributed by atoms with Crippen molar-refractivity contribution in [1.29, 1.82) is 0 Å². The number of hydrogen-bond donors (Lipinski definition) is 3. The minimum absolute atomic E-state index is 0.00239. The molecule has 1 rings (SSSR count). The molecule has 0 aromatic carbocycles. The van der Waals surface area contributed by atoms with Crippen molar-refractivity contribution in [2.24, 2.45) is 0 Å². The van der Waals surface area contributed by atoms with Crippen LogP contribution in [0.4, 0.5) is 11.5 Å². The van der Waals surface area contributed by atoms with Crippen LogP contribution in [0.5, 0.6) is 0 Å². The Bertz CT molecular complexity index is 351. The van der Waals surface area contributed by atoms with Crippen LogP contribution in [0.2, 0.25) is 0 Å². The maximum Gasteiger partial charge on any atom is 0.221 e. The molecule has 0 saturated carbocycles. The summed E-state index contributed by atoms with van der Waals surface area (Å²) in [4.78, 5) is 15.1. The quantitative estimate of drug-likeness (QED) is 0.674. The molecule has 15 heavy (non-hydrogen) atoms. The Hall–Kier alpha value is -1.78.